The van der Waals surface area contributed by atoms with E-state index in [1.165, 1.54) is 11.9 Å². The summed E-state index contributed by atoms with van der Waals surface area (Å²) in [6, 6.07) is 12.3. The van der Waals surface area contributed by atoms with Crippen LogP contribution in [0.15, 0.2) is 80.2 Å². The van der Waals surface area contributed by atoms with Gasteiger partial charge in [-0.25, -0.2) is 9.97 Å². The van der Waals surface area contributed by atoms with Gasteiger partial charge in [0, 0.05) is 50.0 Å². The summed E-state index contributed by atoms with van der Waals surface area (Å²) < 4.78 is 0. The van der Waals surface area contributed by atoms with Crippen LogP contribution in [0.3, 0.4) is 0 Å². The van der Waals surface area contributed by atoms with Gasteiger partial charge in [-0.2, -0.15) is 0 Å². The summed E-state index contributed by atoms with van der Waals surface area (Å²) in [5.74, 6) is 0.0935. The summed E-state index contributed by atoms with van der Waals surface area (Å²) in [5.41, 5.74) is 3.88. The Bertz CT molecular complexity index is 1040. The van der Waals surface area contributed by atoms with E-state index in [-0.39, 0.29) is 5.91 Å². The number of carbonyl (C=O) groups excluding carboxylic acids is 1. The first-order valence-electron chi connectivity index (χ1n) is 11.0. The van der Waals surface area contributed by atoms with Crippen molar-refractivity contribution in [1.29, 1.82) is 0 Å². The van der Waals surface area contributed by atoms with Crippen LogP contribution < -0.4 is 5.32 Å². The Labute approximate surface area is 189 Å². The van der Waals surface area contributed by atoms with Crippen molar-refractivity contribution in [2.45, 2.75) is 25.8 Å². The van der Waals surface area contributed by atoms with Crippen molar-refractivity contribution in [3.63, 3.8) is 0 Å². The summed E-state index contributed by atoms with van der Waals surface area (Å²) in [4.78, 5) is 28.4. The number of pyridine rings is 1. The number of hydrogen-bond donors (Lipinski definition) is 1. The molecule has 0 bridgehead atoms. The molecule has 2 aromatic heterocycles. The van der Waals surface area contributed by atoms with Gasteiger partial charge < -0.3 is 5.32 Å². The zero-order chi connectivity index (χ0) is 22.2. The Morgan fingerprint density at radius 2 is 1.91 bits per heavy atom. The van der Waals surface area contributed by atoms with Crippen molar-refractivity contribution in [1.82, 2.24) is 25.2 Å². The second-order valence-electron chi connectivity index (χ2n) is 8.41. The average Bonchev–Trinajstić information content (AvgIpc) is 2.84. The van der Waals surface area contributed by atoms with Crippen LogP contribution in [0.1, 0.15) is 24.0 Å². The fourth-order valence-electron chi connectivity index (χ4n) is 4.63. The number of aromatic nitrogens is 3. The lowest BCUT2D eigenvalue weighted by molar-refractivity contribution is -0.134. The van der Waals surface area contributed by atoms with Gasteiger partial charge >= 0.3 is 0 Å². The van der Waals surface area contributed by atoms with Crippen LogP contribution in [-0.2, 0) is 17.8 Å². The number of nitrogens with zero attached hydrogens (tertiary/aromatic N) is 4. The molecule has 1 N–H and O–H groups in total. The number of nitrogens with one attached hydrogen (secondary N) is 1. The van der Waals surface area contributed by atoms with Gasteiger partial charge in [-0.1, -0.05) is 30.3 Å². The number of carbonyl (C=O) groups is 1. The molecule has 6 nitrogen and oxygen atoms in total. The molecule has 3 aromatic rings. The van der Waals surface area contributed by atoms with Crippen molar-refractivity contribution in [3.8, 4) is 11.1 Å². The fourth-order valence-corrected chi connectivity index (χ4v) is 4.63. The topological polar surface area (TPSA) is 71.0 Å². The smallest absolute Gasteiger partial charge is 0.228 e. The molecule has 4 rings (SSSR count). The molecule has 1 amide bonds. The highest BCUT2D eigenvalue weighted by molar-refractivity contribution is 5.84. The molecule has 1 aliphatic rings. The number of rotatable bonds is 8. The lowest BCUT2D eigenvalue weighted by atomic mass is 9.73. The van der Waals surface area contributed by atoms with Crippen molar-refractivity contribution in [3.05, 3.63) is 91.3 Å². The van der Waals surface area contributed by atoms with Crippen molar-refractivity contribution >= 4 is 5.91 Å². The summed E-state index contributed by atoms with van der Waals surface area (Å²) in [6.07, 6.45) is 13.1. The molecular weight excluding hydrogens is 398 g/mol. The molecule has 1 fully saturated rings. The standard InChI is InChI=1S/C26H29N5O/c1-2-11-30-25(32)26(10-5-14-31(19-26)18-21-8-12-27-13-9-21)15-22-6-3-4-7-24(22)23-16-28-20-29-17-23/h2-4,6-9,12-13,16-17,20H,1,5,10-11,14-15,18-19H2,(H,30,32). The fraction of sp³-hybridized carbons (Fsp3) is 0.308. The molecule has 6 heteroatoms. The Morgan fingerprint density at radius 3 is 2.69 bits per heavy atom. The van der Waals surface area contributed by atoms with Crippen LogP contribution in [0.4, 0.5) is 0 Å². The van der Waals surface area contributed by atoms with E-state index in [4.69, 9.17) is 0 Å². The number of piperidine rings is 1. The van der Waals surface area contributed by atoms with E-state index in [1.807, 2.05) is 49.1 Å². The normalized spacial score (nSPS) is 18.8. The van der Waals surface area contributed by atoms with Crippen LogP contribution >= 0.6 is 0 Å². The molecule has 0 saturated carbocycles. The quantitative estimate of drug-likeness (QED) is 0.556. The average molecular weight is 428 g/mol. The van der Waals surface area contributed by atoms with Crippen LogP contribution in [0, 0.1) is 5.41 Å². The van der Waals surface area contributed by atoms with Crippen LogP contribution in [0.5, 0.6) is 0 Å². The first kappa shape index (κ1) is 21.8. The molecule has 1 saturated heterocycles. The Morgan fingerprint density at radius 1 is 1.12 bits per heavy atom. The molecule has 1 aliphatic heterocycles. The van der Waals surface area contributed by atoms with Crippen molar-refractivity contribution < 1.29 is 4.79 Å². The molecule has 0 radical (unpaired) electrons. The molecule has 1 aromatic carbocycles. The third-order valence-corrected chi connectivity index (χ3v) is 6.12. The van der Waals surface area contributed by atoms with Crippen LogP contribution in [-0.4, -0.2) is 45.4 Å². The molecule has 1 atom stereocenters. The molecule has 3 heterocycles. The third-order valence-electron chi connectivity index (χ3n) is 6.12. The van der Waals surface area contributed by atoms with Crippen molar-refractivity contribution in [2.75, 3.05) is 19.6 Å². The molecule has 32 heavy (non-hydrogen) atoms. The number of hydrogen-bond acceptors (Lipinski definition) is 5. The van der Waals surface area contributed by atoms with Crippen LogP contribution in [0.25, 0.3) is 11.1 Å². The minimum absolute atomic E-state index is 0.0935. The minimum atomic E-state index is -0.514. The highest BCUT2D eigenvalue weighted by Crippen LogP contribution is 2.37. The Balaban J connectivity index is 1.64. The zero-order valence-electron chi connectivity index (χ0n) is 18.3. The molecule has 0 spiro atoms. The summed E-state index contributed by atoms with van der Waals surface area (Å²) in [5, 5.41) is 3.09. The highest BCUT2D eigenvalue weighted by atomic mass is 16.2. The van der Waals surface area contributed by atoms with Crippen LogP contribution in [0.2, 0.25) is 0 Å². The lowest BCUT2D eigenvalue weighted by Gasteiger charge is -2.42. The van der Waals surface area contributed by atoms with E-state index in [0.717, 1.165) is 42.6 Å². The summed E-state index contributed by atoms with van der Waals surface area (Å²) in [6.45, 7) is 6.73. The molecule has 1 unspecified atom stereocenters. The van der Waals surface area contributed by atoms with Gasteiger partial charge in [-0.05, 0) is 54.6 Å². The molecular formula is C26H29N5O. The number of amides is 1. The summed E-state index contributed by atoms with van der Waals surface area (Å²) in [7, 11) is 0. The van der Waals surface area contributed by atoms with Gasteiger partial charge in [0.15, 0.2) is 0 Å². The largest absolute Gasteiger partial charge is 0.352 e. The molecule has 164 valence electrons. The van der Waals surface area contributed by atoms with Gasteiger partial charge in [0.05, 0.1) is 5.41 Å². The van der Waals surface area contributed by atoms with Gasteiger partial charge in [-0.3, -0.25) is 14.7 Å². The zero-order valence-corrected chi connectivity index (χ0v) is 18.3. The predicted molar refractivity (Wildman–Crippen MR) is 126 cm³/mol. The van der Waals surface area contributed by atoms with Gasteiger partial charge in [0.1, 0.15) is 6.33 Å². The van der Waals surface area contributed by atoms with Gasteiger partial charge in [-0.15, -0.1) is 6.58 Å². The van der Waals surface area contributed by atoms with E-state index < -0.39 is 5.41 Å². The van der Waals surface area contributed by atoms with E-state index in [0.29, 0.717) is 19.5 Å². The van der Waals surface area contributed by atoms with Gasteiger partial charge in [0.2, 0.25) is 5.91 Å². The van der Waals surface area contributed by atoms with E-state index in [1.54, 1.807) is 6.08 Å². The number of likely N-dealkylation sites (tertiary alicyclic amines) is 1. The van der Waals surface area contributed by atoms with E-state index in [9.17, 15) is 4.79 Å². The SMILES string of the molecule is C=CCNC(=O)C1(Cc2ccccc2-c2cncnc2)CCCN(Cc2ccncc2)C1. The second-order valence-corrected chi connectivity index (χ2v) is 8.41. The maximum atomic E-state index is 13.5. The Hall–Kier alpha value is -3.38. The minimum Gasteiger partial charge on any atom is -0.352 e. The molecule has 0 aliphatic carbocycles. The Kier molecular flexibility index (Phi) is 7.02. The first-order valence-corrected chi connectivity index (χ1v) is 11.0. The van der Waals surface area contributed by atoms with Gasteiger partial charge in [0.25, 0.3) is 0 Å². The second kappa shape index (κ2) is 10.3. The highest BCUT2D eigenvalue weighted by Gasteiger charge is 2.42. The first-order chi connectivity index (χ1) is 15.7. The van der Waals surface area contributed by atoms with E-state index in [2.05, 4.69) is 43.9 Å². The third kappa shape index (κ3) is 5.08. The monoisotopic (exact) mass is 427 g/mol. The predicted octanol–water partition coefficient (Wildman–Crippen LogP) is 3.67. The van der Waals surface area contributed by atoms with Crippen molar-refractivity contribution in [2.24, 2.45) is 5.41 Å². The lowest BCUT2D eigenvalue weighted by Crippen LogP contribution is -2.53. The maximum Gasteiger partial charge on any atom is 0.228 e. The van der Waals surface area contributed by atoms with E-state index >= 15 is 0 Å². The summed E-state index contributed by atoms with van der Waals surface area (Å²) >= 11 is 0. The number of benzene rings is 1. The maximum absolute atomic E-state index is 13.5.